The molecule has 218 valence electrons. The highest BCUT2D eigenvalue weighted by molar-refractivity contribution is 7.16. The van der Waals surface area contributed by atoms with Crippen molar-refractivity contribution in [1.29, 1.82) is 10.7 Å². The van der Waals surface area contributed by atoms with Crippen LogP contribution in [-0.2, 0) is 13.5 Å². The van der Waals surface area contributed by atoms with Crippen LogP contribution in [0.3, 0.4) is 0 Å². The fraction of sp³-hybridized carbons (Fsp3) is 0.531. The Hall–Kier alpha value is -3.35. The second kappa shape index (κ2) is 14.0. The predicted octanol–water partition coefficient (Wildman–Crippen LogP) is 6.55. The number of aromatic nitrogens is 2. The molecule has 3 N–H and O–H groups in total. The zero-order valence-electron chi connectivity index (χ0n) is 25.0. The summed E-state index contributed by atoms with van der Waals surface area (Å²) < 4.78 is 1.76. The molecular weight excluding hydrogens is 528 g/mol. The zero-order chi connectivity index (χ0) is 29.5. The minimum atomic E-state index is 0.130. The number of nitrogens with one attached hydrogen (secondary N) is 1. The van der Waals surface area contributed by atoms with E-state index in [1.165, 1.54) is 23.3 Å². The van der Waals surface area contributed by atoms with Gasteiger partial charge in [-0.25, -0.2) is 0 Å². The molecule has 0 spiro atoms. The number of hydrogen-bond acceptors (Lipinski definition) is 8. The second-order valence-electron chi connectivity index (χ2n) is 11.3. The maximum atomic E-state index is 9.85. The number of fused-ring (bicyclic) bond motifs is 1. The maximum Gasteiger partial charge on any atom is 0.111 e. The van der Waals surface area contributed by atoms with E-state index in [0.29, 0.717) is 34.6 Å². The highest BCUT2D eigenvalue weighted by atomic mass is 32.1. The summed E-state index contributed by atoms with van der Waals surface area (Å²) in [5, 5.41) is 24.2. The van der Waals surface area contributed by atoms with Crippen LogP contribution in [0.5, 0.6) is 0 Å². The van der Waals surface area contributed by atoms with Gasteiger partial charge in [0.2, 0.25) is 0 Å². The van der Waals surface area contributed by atoms with Gasteiger partial charge in [0.25, 0.3) is 0 Å². The van der Waals surface area contributed by atoms with Crippen molar-refractivity contribution in [2.75, 3.05) is 25.9 Å². The normalized spacial score (nSPS) is 20.5. The van der Waals surface area contributed by atoms with Gasteiger partial charge in [-0.05, 0) is 102 Å². The third-order valence-corrected chi connectivity index (χ3v) is 9.66. The summed E-state index contributed by atoms with van der Waals surface area (Å²) in [6.45, 7) is 9.54. The van der Waals surface area contributed by atoms with Crippen LogP contribution in [-0.4, -0.2) is 59.0 Å². The number of aryl methyl sites for hydroxylation is 2. The molecule has 2 atom stereocenters. The Morgan fingerprint density at radius 2 is 2.12 bits per heavy atom. The fourth-order valence-corrected chi connectivity index (χ4v) is 7.44. The molecule has 4 rings (SSSR count). The van der Waals surface area contributed by atoms with E-state index in [2.05, 4.69) is 48.7 Å². The van der Waals surface area contributed by atoms with Gasteiger partial charge in [-0.15, -0.1) is 11.3 Å². The largest absolute Gasteiger partial charge is 0.389 e. The van der Waals surface area contributed by atoms with E-state index in [4.69, 9.17) is 10.7 Å². The second-order valence-corrected chi connectivity index (χ2v) is 12.4. The highest BCUT2D eigenvalue weighted by Gasteiger charge is 2.30. The first-order chi connectivity index (χ1) is 19.8. The lowest BCUT2D eigenvalue weighted by atomic mass is 9.78. The molecule has 41 heavy (non-hydrogen) atoms. The monoisotopic (exact) mass is 572 g/mol. The molecular formula is C32H44N8S. The van der Waals surface area contributed by atoms with E-state index in [9.17, 15) is 10.7 Å². The average Bonchev–Trinajstić information content (AvgIpc) is 3.67. The van der Waals surface area contributed by atoms with Crippen LogP contribution in [0.2, 0.25) is 0 Å². The number of aliphatic imine (C=N–C) groups is 2. The Morgan fingerprint density at radius 1 is 1.32 bits per heavy atom. The van der Waals surface area contributed by atoms with Crippen LogP contribution in [0, 0.1) is 16.7 Å². The number of rotatable bonds is 12. The molecule has 2 aliphatic rings. The van der Waals surface area contributed by atoms with E-state index in [1.54, 1.807) is 16.0 Å². The van der Waals surface area contributed by atoms with Crippen molar-refractivity contribution < 1.29 is 0 Å². The molecule has 1 aliphatic heterocycles. The smallest absolute Gasteiger partial charge is 0.111 e. The van der Waals surface area contributed by atoms with E-state index in [1.807, 2.05) is 25.4 Å². The first kappa shape index (κ1) is 30.6. The van der Waals surface area contributed by atoms with E-state index >= 15 is 0 Å². The number of nitrogens with zero attached hydrogens (tertiary/aromatic N) is 6. The molecule has 0 bridgehead atoms. The Kier molecular flexibility index (Phi) is 10.5. The first-order valence-corrected chi connectivity index (χ1v) is 15.6. The van der Waals surface area contributed by atoms with Crippen molar-refractivity contribution in [3.63, 3.8) is 0 Å². The molecule has 0 radical (unpaired) electrons. The Balaban J connectivity index is 1.63. The molecule has 1 fully saturated rings. The van der Waals surface area contributed by atoms with Crippen molar-refractivity contribution in [1.82, 2.24) is 14.7 Å². The van der Waals surface area contributed by atoms with Gasteiger partial charge in [0.05, 0.1) is 23.5 Å². The summed E-state index contributed by atoms with van der Waals surface area (Å²) in [6, 6.07) is 4.85. The van der Waals surface area contributed by atoms with Gasteiger partial charge in [-0.2, -0.15) is 10.4 Å². The fourth-order valence-electron chi connectivity index (χ4n) is 6.31. The minimum Gasteiger partial charge on any atom is -0.389 e. The Morgan fingerprint density at radius 3 is 2.76 bits per heavy atom. The number of nitrogen functional groups attached to an aromatic ring is 1. The lowest BCUT2D eigenvalue weighted by molar-refractivity contribution is 0.300. The maximum absolute atomic E-state index is 9.85. The topological polar surface area (TPSA) is 119 Å². The number of nitrogens with two attached hydrogens (primary N) is 1. The standard InChI is InChI=1S/C32H44N8S/c1-6-9-24(21(2)25-11-7-12-30-31(25)26(19-33)32(35)41-30)27(34)20-37-22(13-14-23-10-8-16-39(23)4)18-29(36-3)28-15-17-40(5)38-28/h15,17-18,23,25,34H,3,6-14,16,20,35H2,1-2,4-5H3/b24-21+,29-18-,34-27?,37-22-/t23-,25?/m0/s1. The number of likely N-dealkylation sites (tertiary alicyclic amines) is 1. The molecule has 8 nitrogen and oxygen atoms in total. The number of nitriles is 1. The van der Waals surface area contributed by atoms with Crippen LogP contribution in [0.1, 0.15) is 92.8 Å². The van der Waals surface area contributed by atoms with Gasteiger partial charge in [0.15, 0.2) is 0 Å². The molecule has 2 aromatic heterocycles. The number of allylic oxidation sites excluding steroid dienone is 2. The summed E-state index contributed by atoms with van der Waals surface area (Å²) in [5.41, 5.74) is 13.2. The Labute approximate surface area is 248 Å². The van der Waals surface area contributed by atoms with E-state index in [0.717, 1.165) is 74.0 Å². The summed E-state index contributed by atoms with van der Waals surface area (Å²) in [4.78, 5) is 13.0. The van der Waals surface area contributed by atoms with Crippen molar-refractivity contribution in [2.24, 2.45) is 17.0 Å². The van der Waals surface area contributed by atoms with Crippen molar-refractivity contribution in [2.45, 2.75) is 83.6 Å². The van der Waals surface area contributed by atoms with E-state index < -0.39 is 0 Å². The van der Waals surface area contributed by atoms with E-state index in [-0.39, 0.29) is 5.92 Å². The van der Waals surface area contributed by atoms with Crippen LogP contribution >= 0.6 is 11.3 Å². The molecule has 2 aromatic rings. The summed E-state index contributed by atoms with van der Waals surface area (Å²) in [6.07, 6.45) is 13.0. The molecule has 1 unspecified atom stereocenters. The molecule has 3 heterocycles. The molecule has 1 aliphatic carbocycles. The highest BCUT2D eigenvalue weighted by Crippen LogP contribution is 2.46. The van der Waals surface area contributed by atoms with Gasteiger partial charge in [0.1, 0.15) is 16.8 Å². The molecule has 0 aromatic carbocycles. The SMILES string of the molecule is C=N/C(=C\C(CC[C@@H]1CCCN1C)=N/CC(=N)/C(CCC)=C(\C)C1CCCc2sc(N)c(C#N)c21)c1ccn(C)n1. The lowest BCUT2D eigenvalue weighted by Crippen LogP contribution is -2.25. The predicted molar refractivity (Wildman–Crippen MR) is 172 cm³/mol. The third-order valence-electron chi connectivity index (χ3n) is 8.56. The van der Waals surface area contributed by atoms with Gasteiger partial charge >= 0.3 is 0 Å². The summed E-state index contributed by atoms with van der Waals surface area (Å²) in [7, 11) is 4.09. The van der Waals surface area contributed by atoms with Crippen molar-refractivity contribution in [3.05, 3.63) is 51.2 Å². The van der Waals surface area contributed by atoms with Crippen molar-refractivity contribution >= 4 is 40.2 Å². The Bertz CT molecular complexity index is 1400. The van der Waals surface area contributed by atoms with Crippen molar-refractivity contribution in [3.8, 4) is 6.07 Å². The summed E-state index contributed by atoms with van der Waals surface area (Å²) >= 11 is 1.56. The minimum absolute atomic E-state index is 0.130. The average molecular weight is 573 g/mol. The molecule has 1 saturated heterocycles. The van der Waals surface area contributed by atoms with Gasteiger partial charge in [-0.1, -0.05) is 18.9 Å². The van der Waals surface area contributed by atoms with Gasteiger partial charge in [0, 0.05) is 35.8 Å². The molecule has 9 heteroatoms. The van der Waals surface area contributed by atoms with Crippen LogP contribution < -0.4 is 5.73 Å². The van der Waals surface area contributed by atoms with Gasteiger partial charge in [-0.3, -0.25) is 14.7 Å². The summed E-state index contributed by atoms with van der Waals surface area (Å²) in [5.74, 6) is 0.130. The third kappa shape index (κ3) is 7.11. The van der Waals surface area contributed by atoms with Crippen LogP contribution in [0.4, 0.5) is 5.00 Å². The molecule has 0 saturated carbocycles. The lowest BCUT2D eigenvalue weighted by Gasteiger charge is -2.26. The van der Waals surface area contributed by atoms with Crippen LogP contribution in [0.15, 0.2) is 39.5 Å². The number of hydrogen-bond donors (Lipinski definition) is 2. The quantitative estimate of drug-likeness (QED) is 0.280. The molecule has 0 amide bonds. The number of anilines is 1. The first-order valence-electron chi connectivity index (χ1n) is 14.8. The number of thiophene rings is 1. The zero-order valence-corrected chi connectivity index (χ0v) is 25.9. The van der Waals surface area contributed by atoms with Gasteiger partial charge < -0.3 is 16.0 Å². The van der Waals surface area contributed by atoms with Crippen LogP contribution in [0.25, 0.3) is 5.70 Å².